The molecule has 0 aliphatic carbocycles. The summed E-state index contributed by atoms with van der Waals surface area (Å²) < 4.78 is 10.9. The molecule has 2 aromatic rings. The van der Waals surface area contributed by atoms with Crippen molar-refractivity contribution in [2.45, 2.75) is 19.9 Å². The van der Waals surface area contributed by atoms with E-state index in [1.54, 1.807) is 14.2 Å². The Balaban J connectivity index is 2.54. The average molecular weight is 286 g/mol. The zero-order chi connectivity index (χ0) is 15.2. The lowest BCUT2D eigenvalue weighted by atomic mass is 9.95. The molecule has 2 rings (SSSR count). The second kappa shape index (κ2) is 7.09. The van der Waals surface area contributed by atoms with Gasteiger partial charge in [-0.25, -0.2) is 0 Å². The summed E-state index contributed by atoms with van der Waals surface area (Å²) in [7, 11) is 3.35. The van der Waals surface area contributed by atoms with Gasteiger partial charge in [0.25, 0.3) is 0 Å². The van der Waals surface area contributed by atoms with Crippen molar-refractivity contribution in [3.05, 3.63) is 53.3 Å². The number of nitrogens with one attached hydrogen (secondary N) is 1. The predicted molar refractivity (Wildman–Crippen MR) is 84.0 cm³/mol. The molecule has 4 heteroatoms. The van der Waals surface area contributed by atoms with Gasteiger partial charge in [0.15, 0.2) is 0 Å². The molecule has 0 aliphatic heterocycles. The summed E-state index contributed by atoms with van der Waals surface area (Å²) in [4.78, 5) is 4.26. The number of hydrogen-bond donors (Lipinski definition) is 1. The van der Waals surface area contributed by atoms with E-state index in [0.29, 0.717) is 0 Å². The van der Waals surface area contributed by atoms with E-state index >= 15 is 0 Å². The molecule has 21 heavy (non-hydrogen) atoms. The fourth-order valence-corrected chi connectivity index (χ4v) is 2.43. The standard InChI is InChI=1S/C17H22N2O2/c1-5-19-17(15-11-18-9-8-12(15)2)14-10-13(20-3)6-7-16(14)21-4/h6-11,17,19H,5H2,1-4H3. The van der Waals surface area contributed by atoms with Crippen molar-refractivity contribution in [1.29, 1.82) is 0 Å². The first-order chi connectivity index (χ1) is 10.2. The van der Waals surface area contributed by atoms with Gasteiger partial charge in [-0.3, -0.25) is 4.98 Å². The van der Waals surface area contributed by atoms with Gasteiger partial charge in [-0.2, -0.15) is 0 Å². The molecule has 0 spiro atoms. The van der Waals surface area contributed by atoms with Gasteiger partial charge in [0.2, 0.25) is 0 Å². The minimum Gasteiger partial charge on any atom is -0.497 e. The molecule has 0 saturated heterocycles. The van der Waals surface area contributed by atoms with E-state index in [-0.39, 0.29) is 6.04 Å². The molecule has 0 radical (unpaired) electrons. The van der Waals surface area contributed by atoms with Crippen LogP contribution in [0.2, 0.25) is 0 Å². The Labute approximate surface area is 126 Å². The smallest absolute Gasteiger partial charge is 0.124 e. The number of ether oxygens (including phenoxy) is 2. The molecule has 0 fully saturated rings. The summed E-state index contributed by atoms with van der Waals surface area (Å²) in [6.07, 6.45) is 3.71. The highest BCUT2D eigenvalue weighted by Crippen LogP contribution is 2.33. The minimum absolute atomic E-state index is 0.0220. The number of aryl methyl sites for hydroxylation is 1. The largest absolute Gasteiger partial charge is 0.497 e. The minimum atomic E-state index is 0.0220. The van der Waals surface area contributed by atoms with Crippen molar-refractivity contribution in [2.24, 2.45) is 0 Å². The van der Waals surface area contributed by atoms with Gasteiger partial charge in [-0.15, -0.1) is 0 Å². The van der Waals surface area contributed by atoms with E-state index in [9.17, 15) is 0 Å². The third kappa shape index (κ3) is 3.34. The molecule has 4 nitrogen and oxygen atoms in total. The Morgan fingerprint density at radius 3 is 2.57 bits per heavy atom. The number of nitrogens with zero attached hydrogens (tertiary/aromatic N) is 1. The predicted octanol–water partition coefficient (Wildman–Crippen LogP) is 3.11. The van der Waals surface area contributed by atoms with Crippen molar-refractivity contribution in [3.8, 4) is 11.5 Å². The topological polar surface area (TPSA) is 43.4 Å². The molecule has 0 saturated carbocycles. The van der Waals surface area contributed by atoms with E-state index in [2.05, 4.69) is 24.1 Å². The molecule has 1 N–H and O–H groups in total. The number of hydrogen-bond acceptors (Lipinski definition) is 4. The van der Waals surface area contributed by atoms with Crippen molar-refractivity contribution in [1.82, 2.24) is 10.3 Å². The second-order valence-corrected chi connectivity index (χ2v) is 4.83. The summed E-state index contributed by atoms with van der Waals surface area (Å²) >= 11 is 0. The number of aromatic nitrogens is 1. The summed E-state index contributed by atoms with van der Waals surface area (Å²) in [5, 5.41) is 3.51. The van der Waals surface area contributed by atoms with Crippen molar-refractivity contribution in [2.75, 3.05) is 20.8 Å². The first-order valence-electron chi connectivity index (χ1n) is 7.07. The first-order valence-corrected chi connectivity index (χ1v) is 7.07. The lowest BCUT2D eigenvalue weighted by molar-refractivity contribution is 0.394. The second-order valence-electron chi connectivity index (χ2n) is 4.83. The number of rotatable bonds is 6. The number of benzene rings is 1. The third-order valence-electron chi connectivity index (χ3n) is 3.55. The molecular weight excluding hydrogens is 264 g/mol. The van der Waals surface area contributed by atoms with E-state index in [1.807, 2.05) is 36.7 Å². The Morgan fingerprint density at radius 2 is 1.95 bits per heavy atom. The van der Waals surface area contributed by atoms with Crippen molar-refractivity contribution in [3.63, 3.8) is 0 Å². The molecule has 1 atom stereocenters. The quantitative estimate of drug-likeness (QED) is 0.886. The fraction of sp³-hybridized carbons (Fsp3) is 0.353. The maximum atomic E-state index is 5.52. The Kier molecular flexibility index (Phi) is 5.17. The van der Waals surface area contributed by atoms with Crippen LogP contribution in [-0.2, 0) is 0 Å². The van der Waals surface area contributed by atoms with Gasteiger partial charge < -0.3 is 14.8 Å². The first kappa shape index (κ1) is 15.3. The van der Waals surface area contributed by atoms with E-state index in [1.165, 1.54) is 5.56 Å². The van der Waals surface area contributed by atoms with Crippen LogP contribution in [0.15, 0.2) is 36.7 Å². The van der Waals surface area contributed by atoms with Crippen molar-refractivity contribution < 1.29 is 9.47 Å². The highest BCUT2D eigenvalue weighted by Gasteiger charge is 2.20. The zero-order valence-electron chi connectivity index (χ0n) is 13.0. The van der Waals surface area contributed by atoms with Crippen LogP contribution in [0, 0.1) is 6.92 Å². The Hall–Kier alpha value is -2.07. The molecule has 0 aliphatic rings. The zero-order valence-corrected chi connectivity index (χ0v) is 13.0. The molecule has 1 unspecified atom stereocenters. The number of pyridine rings is 1. The third-order valence-corrected chi connectivity index (χ3v) is 3.55. The fourth-order valence-electron chi connectivity index (χ4n) is 2.43. The summed E-state index contributed by atoms with van der Waals surface area (Å²) in [6, 6.07) is 7.89. The highest BCUT2D eigenvalue weighted by atomic mass is 16.5. The summed E-state index contributed by atoms with van der Waals surface area (Å²) in [6.45, 7) is 5.03. The summed E-state index contributed by atoms with van der Waals surface area (Å²) in [5.41, 5.74) is 3.39. The van der Waals surface area contributed by atoms with Gasteiger partial charge in [0.1, 0.15) is 11.5 Å². The normalized spacial score (nSPS) is 12.0. The van der Waals surface area contributed by atoms with E-state index < -0.39 is 0 Å². The molecule has 112 valence electrons. The van der Waals surface area contributed by atoms with Crippen LogP contribution < -0.4 is 14.8 Å². The molecule has 1 aromatic carbocycles. The molecular formula is C17H22N2O2. The SMILES string of the molecule is CCNC(c1cnccc1C)c1cc(OC)ccc1OC. The van der Waals surface area contributed by atoms with Crippen LogP contribution >= 0.6 is 0 Å². The molecule has 0 amide bonds. The van der Waals surface area contributed by atoms with Crippen LogP contribution in [0.4, 0.5) is 0 Å². The number of methoxy groups -OCH3 is 2. The average Bonchev–Trinajstić information content (AvgIpc) is 2.53. The van der Waals surface area contributed by atoms with E-state index in [0.717, 1.165) is 29.2 Å². The molecule has 1 heterocycles. The van der Waals surface area contributed by atoms with Crippen LogP contribution in [0.1, 0.15) is 29.7 Å². The maximum Gasteiger partial charge on any atom is 0.124 e. The lowest BCUT2D eigenvalue weighted by Gasteiger charge is -2.23. The molecule has 1 aromatic heterocycles. The van der Waals surface area contributed by atoms with E-state index in [4.69, 9.17) is 9.47 Å². The van der Waals surface area contributed by atoms with Gasteiger partial charge in [-0.05, 0) is 48.9 Å². The summed E-state index contributed by atoms with van der Waals surface area (Å²) in [5.74, 6) is 1.65. The lowest BCUT2D eigenvalue weighted by Crippen LogP contribution is -2.23. The van der Waals surface area contributed by atoms with Gasteiger partial charge in [0, 0.05) is 18.0 Å². The van der Waals surface area contributed by atoms with Gasteiger partial charge in [-0.1, -0.05) is 6.92 Å². The Bertz CT molecular complexity index is 599. The van der Waals surface area contributed by atoms with Gasteiger partial charge in [0.05, 0.1) is 20.3 Å². The van der Waals surface area contributed by atoms with Crippen LogP contribution in [0.3, 0.4) is 0 Å². The van der Waals surface area contributed by atoms with Gasteiger partial charge >= 0.3 is 0 Å². The monoisotopic (exact) mass is 286 g/mol. The van der Waals surface area contributed by atoms with Crippen LogP contribution in [0.5, 0.6) is 11.5 Å². The van der Waals surface area contributed by atoms with Crippen molar-refractivity contribution >= 4 is 0 Å². The highest BCUT2D eigenvalue weighted by molar-refractivity contribution is 5.47. The maximum absolute atomic E-state index is 5.52. The van der Waals surface area contributed by atoms with Crippen LogP contribution in [0.25, 0.3) is 0 Å². The Morgan fingerprint density at radius 1 is 1.14 bits per heavy atom. The van der Waals surface area contributed by atoms with Crippen LogP contribution in [-0.4, -0.2) is 25.7 Å². The molecule has 0 bridgehead atoms.